The number of nitrogens with zero attached hydrogens (tertiary/aromatic N) is 2. The van der Waals surface area contributed by atoms with Crippen LogP contribution in [0.15, 0.2) is 36.7 Å². The van der Waals surface area contributed by atoms with E-state index in [9.17, 15) is 4.79 Å². The molecule has 1 fully saturated rings. The van der Waals surface area contributed by atoms with Crippen molar-refractivity contribution in [2.75, 3.05) is 5.32 Å². The van der Waals surface area contributed by atoms with Crippen LogP contribution in [0.4, 0.5) is 5.69 Å². The lowest BCUT2D eigenvalue weighted by molar-refractivity contribution is 0.102. The molecule has 0 saturated heterocycles. The van der Waals surface area contributed by atoms with Crippen LogP contribution >= 0.6 is 22.6 Å². The van der Waals surface area contributed by atoms with Crippen LogP contribution in [0, 0.1) is 9.49 Å². The first-order valence-corrected chi connectivity index (χ1v) is 7.83. The molecule has 1 aromatic heterocycles. The smallest absolute Gasteiger partial charge is 0.256 e. The molecule has 1 heterocycles. The SMILES string of the molecule is CC(C1CC1)n1cc(NC(=O)c2ccccc2I)cn1. The maximum absolute atomic E-state index is 12.2. The van der Waals surface area contributed by atoms with Gasteiger partial charge in [-0.2, -0.15) is 5.10 Å². The molecule has 1 aromatic carbocycles. The largest absolute Gasteiger partial charge is 0.319 e. The van der Waals surface area contributed by atoms with E-state index in [-0.39, 0.29) is 5.91 Å². The van der Waals surface area contributed by atoms with Gasteiger partial charge in [-0.15, -0.1) is 0 Å². The third-order valence-corrected chi connectivity index (χ3v) is 4.64. The molecule has 0 radical (unpaired) electrons. The van der Waals surface area contributed by atoms with Crippen molar-refractivity contribution >= 4 is 34.2 Å². The minimum Gasteiger partial charge on any atom is -0.319 e. The first kappa shape index (κ1) is 13.6. The van der Waals surface area contributed by atoms with Gasteiger partial charge in [-0.05, 0) is 60.4 Å². The Morgan fingerprint density at radius 3 is 2.90 bits per heavy atom. The Morgan fingerprint density at radius 1 is 1.45 bits per heavy atom. The number of rotatable bonds is 4. The Labute approximate surface area is 131 Å². The predicted molar refractivity (Wildman–Crippen MR) is 86.8 cm³/mol. The monoisotopic (exact) mass is 381 g/mol. The molecule has 1 amide bonds. The quantitative estimate of drug-likeness (QED) is 0.821. The molecule has 0 spiro atoms. The molecule has 1 N–H and O–H groups in total. The molecule has 1 aliphatic rings. The van der Waals surface area contributed by atoms with Crippen molar-refractivity contribution in [3.05, 3.63) is 45.8 Å². The fourth-order valence-electron chi connectivity index (χ4n) is 2.26. The highest BCUT2D eigenvalue weighted by molar-refractivity contribution is 14.1. The molecule has 0 aliphatic heterocycles. The van der Waals surface area contributed by atoms with Crippen molar-refractivity contribution in [3.63, 3.8) is 0 Å². The summed E-state index contributed by atoms with van der Waals surface area (Å²) in [7, 11) is 0. The van der Waals surface area contributed by atoms with Crippen molar-refractivity contribution in [3.8, 4) is 0 Å². The van der Waals surface area contributed by atoms with Gasteiger partial charge >= 0.3 is 0 Å². The molecule has 104 valence electrons. The number of aromatic nitrogens is 2. The van der Waals surface area contributed by atoms with E-state index in [0.717, 1.165) is 15.2 Å². The molecule has 5 heteroatoms. The van der Waals surface area contributed by atoms with Gasteiger partial charge in [-0.1, -0.05) is 12.1 Å². The minimum absolute atomic E-state index is 0.0892. The Kier molecular flexibility index (Phi) is 3.78. The number of carbonyl (C=O) groups excluding carboxylic acids is 1. The highest BCUT2D eigenvalue weighted by atomic mass is 127. The van der Waals surface area contributed by atoms with Crippen LogP contribution in [0.1, 0.15) is 36.2 Å². The van der Waals surface area contributed by atoms with Gasteiger partial charge in [0.2, 0.25) is 0 Å². The summed E-state index contributed by atoms with van der Waals surface area (Å²) in [6.07, 6.45) is 6.19. The molecule has 4 nitrogen and oxygen atoms in total. The molecule has 3 rings (SSSR count). The van der Waals surface area contributed by atoms with Crippen molar-refractivity contribution < 1.29 is 4.79 Å². The molecule has 20 heavy (non-hydrogen) atoms. The standard InChI is InChI=1S/C15H16IN3O/c1-10(11-6-7-11)19-9-12(8-17-19)18-15(20)13-4-2-3-5-14(13)16/h2-5,8-11H,6-7H2,1H3,(H,18,20). The van der Waals surface area contributed by atoms with E-state index in [1.807, 2.05) is 35.1 Å². The molecule has 1 aliphatic carbocycles. The van der Waals surface area contributed by atoms with Crippen molar-refractivity contribution in [1.29, 1.82) is 0 Å². The molecular formula is C15H16IN3O. The van der Waals surface area contributed by atoms with E-state index >= 15 is 0 Å². The maximum atomic E-state index is 12.2. The Balaban J connectivity index is 1.71. The highest BCUT2D eigenvalue weighted by Crippen LogP contribution is 2.39. The topological polar surface area (TPSA) is 46.9 Å². The molecule has 0 bridgehead atoms. The maximum Gasteiger partial charge on any atom is 0.256 e. The van der Waals surface area contributed by atoms with Gasteiger partial charge in [0.1, 0.15) is 0 Å². The lowest BCUT2D eigenvalue weighted by atomic mass is 10.2. The summed E-state index contributed by atoms with van der Waals surface area (Å²) in [6.45, 7) is 2.18. The Bertz CT molecular complexity index is 634. The number of halogens is 1. The van der Waals surface area contributed by atoms with Crippen molar-refractivity contribution in [2.24, 2.45) is 5.92 Å². The number of amides is 1. The molecule has 2 aromatic rings. The lowest BCUT2D eigenvalue weighted by Gasteiger charge is -2.09. The molecular weight excluding hydrogens is 365 g/mol. The zero-order chi connectivity index (χ0) is 14.1. The van der Waals surface area contributed by atoms with Crippen LogP contribution in [0.25, 0.3) is 0 Å². The van der Waals surface area contributed by atoms with Crippen LogP contribution in [0.2, 0.25) is 0 Å². The van der Waals surface area contributed by atoms with Gasteiger partial charge < -0.3 is 5.32 Å². The van der Waals surface area contributed by atoms with Crippen LogP contribution in [-0.4, -0.2) is 15.7 Å². The second kappa shape index (κ2) is 5.55. The second-order valence-corrected chi connectivity index (χ2v) is 6.38. The van der Waals surface area contributed by atoms with Crippen LogP contribution in [0.3, 0.4) is 0 Å². The van der Waals surface area contributed by atoms with Gasteiger partial charge in [0.15, 0.2) is 0 Å². The zero-order valence-electron chi connectivity index (χ0n) is 11.2. The third kappa shape index (κ3) is 2.87. The Hall–Kier alpha value is -1.37. The summed E-state index contributed by atoms with van der Waals surface area (Å²) < 4.78 is 2.89. The van der Waals surface area contributed by atoms with Crippen LogP contribution in [-0.2, 0) is 0 Å². The van der Waals surface area contributed by atoms with E-state index in [1.54, 1.807) is 6.20 Å². The predicted octanol–water partition coefficient (Wildman–Crippen LogP) is 3.71. The van der Waals surface area contributed by atoms with Gasteiger partial charge in [0, 0.05) is 9.77 Å². The number of nitrogens with one attached hydrogen (secondary N) is 1. The van der Waals surface area contributed by atoms with E-state index < -0.39 is 0 Å². The summed E-state index contributed by atoms with van der Waals surface area (Å²) in [5.41, 5.74) is 1.44. The fourth-order valence-corrected chi connectivity index (χ4v) is 2.90. The van der Waals surface area contributed by atoms with Gasteiger partial charge in [0.05, 0.1) is 23.5 Å². The second-order valence-electron chi connectivity index (χ2n) is 5.22. The van der Waals surface area contributed by atoms with Crippen molar-refractivity contribution in [1.82, 2.24) is 9.78 Å². The number of carbonyl (C=O) groups is 1. The lowest BCUT2D eigenvalue weighted by Crippen LogP contribution is -2.13. The summed E-state index contributed by atoms with van der Waals surface area (Å²) >= 11 is 2.17. The summed E-state index contributed by atoms with van der Waals surface area (Å²) in [6, 6.07) is 7.96. The number of hydrogen-bond acceptors (Lipinski definition) is 2. The van der Waals surface area contributed by atoms with Gasteiger partial charge in [0.25, 0.3) is 5.91 Å². The first-order valence-electron chi connectivity index (χ1n) is 6.75. The van der Waals surface area contributed by atoms with E-state index in [2.05, 4.69) is 39.9 Å². The van der Waals surface area contributed by atoms with E-state index in [4.69, 9.17) is 0 Å². The summed E-state index contributed by atoms with van der Waals surface area (Å²) in [5.74, 6) is 0.655. The van der Waals surface area contributed by atoms with Gasteiger partial charge in [-0.3, -0.25) is 9.48 Å². The first-order chi connectivity index (χ1) is 9.65. The average Bonchev–Trinajstić information content (AvgIpc) is 3.19. The summed E-state index contributed by atoms with van der Waals surface area (Å²) in [4.78, 5) is 12.2. The number of anilines is 1. The Morgan fingerprint density at radius 2 is 2.20 bits per heavy atom. The number of hydrogen-bond donors (Lipinski definition) is 1. The van der Waals surface area contributed by atoms with E-state index in [0.29, 0.717) is 11.6 Å². The molecule has 1 saturated carbocycles. The molecule has 1 unspecified atom stereocenters. The average molecular weight is 381 g/mol. The molecule has 1 atom stereocenters. The minimum atomic E-state index is -0.0892. The normalized spacial score (nSPS) is 15.9. The fraction of sp³-hybridized carbons (Fsp3) is 0.333. The zero-order valence-corrected chi connectivity index (χ0v) is 13.4. The third-order valence-electron chi connectivity index (χ3n) is 3.70. The van der Waals surface area contributed by atoms with Gasteiger partial charge in [-0.25, -0.2) is 0 Å². The highest BCUT2D eigenvalue weighted by Gasteiger charge is 2.29. The van der Waals surface area contributed by atoms with E-state index in [1.165, 1.54) is 12.8 Å². The van der Waals surface area contributed by atoms with Crippen LogP contribution < -0.4 is 5.32 Å². The van der Waals surface area contributed by atoms with Crippen molar-refractivity contribution in [2.45, 2.75) is 25.8 Å². The van der Waals surface area contributed by atoms with Crippen LogP contribution in [0.5, 0.6) is 0 Å². The number of benzene rings is 1. The summed E-state index contributed by atoms with van der Waals surface area (Å²) in [5, 5.41) is 7.25.